The molecule has 2 atom stereocenters. The van der Waals surface area contributed by atoms with Crippen molar-refractivity contribution in [2.24, 2.45) is 0 Å². The van der Waals surface area contributed by atoms with Crippen LogP contribution in [0.4, 0.5) is 0 Å². The zero-order valence-electron chi connectivity index (χ0n) is 10.1. The number of halogens is 1. The van der Waals surface area contributed by atoms with Crippen LogP contribution in [0.3, 0.4) is 0 Å². The van der Waals surface area contributed by atoms with Crippen LogP contribution < -0.4 is 0 Å². The minimum atomic E-state index is -0.361. The van der Waals surface area contributed by atoms with Gasteiger partial charge in [-0.15, -0.1) is 0 Å². The van der Waals surface area contributed by atoms with Gasteiger partial charge in [0.15, 0.2) is 0 Å². The molecule has 1 saturated carbocycles. The van der Waals surface area contributed by atoms with E-state index in [1.807, 2.05) is 23.1 Å². The first-order valence-electron chi connectivity index (χ1n) is 6.44. The third kappa shape index (κ3) is 1.97. The maximum absolute atomic E-state index is 12.4. The molecular weight excluding hydrogens is 294 g/mol. The predicted octanol–water partition coefficient (Wildman–Crippen LogP) is 2.71. The molecule has 0 aromatic heterocycles. The van der Waals surface area contributed by atoms with Crippen molar-refractivity contribution in [2.75, 3.05) is 0 Å². The fraction of sp³-hybridized carbons (Fsp3) is 0.500. The van der Waals surface area contributed by atoms with Crippen molar-refractivity contribution in [1.82, 2.24) is 4.90 Å². The molecule has 1 aliphatic heterocycles. The Labute approximate surface area is 115 Å². The van der Waals surface area contributed by atoms with Crippen molar-refractivity contribution in [2.45, 2.75) is 44.4 Å². The molecule has 1 aromatic rings. The number of hydrogen-bond acceptors (Lipinski definition) is 2. The third-order valence-corrected chi connectivity index (χ3v) is 4.49. The highest BCUT2D eigenvalue weighted by Crippen LogP contribution is 2.32. The van der Waals surface area contributed by atoms with E-state index in [0.29, 0.717) is 6.54 Å². The number of carbonyl (C=O) groups excluding carboxylic acids is 1. The highest BCUT2D eigenvalue weighted by Gasteiger charge is 2.37. The molecule has 0 spiro atoms. The van der Waals surface area contributed by atoms with E-state index in [0.717, 1.165) is 41.3 Å². The van der Waals surface area contributed by atoms with Crippen LogP contribution in [-0.4, -0.2) is 28.1 Å². The Morgan fingerprint density at radius 2 is 2.06 bits per heavy atom. The van der Waals surface area contributed by atoms with Crippen molar-refractivity contribution >= 4 is 21.8 Å². The second-order valence-corrected chi connectivity index (χ2v) is 6.07. The van der Waals surface area contributed by atoms with Crippen LogP contribution in [0.15, 0.2) is 22.7 Å². The average molecular weight is 310 g/mol. The first-order chi connectivity index (χ1) is 8.66. The van der Waals surface area contributed by atoms with Crippen molar-refractivity contribution in [3.63, 3.8) is 0 Å². The summed E-state index contributed by atoms with van der Waals surface area (Å²) in [5.41, 5.74) is 1.85. The summed E-state index contributed by atoms with van der Waals surface area (Å²) in [7, 11) is 0. The molecule has 18 heavy (non-hydrogen) atoms. The van der Waals surface area contributed by atoms with Gasteiger partial charge in [-0.3, -0.25) is 4.79 Å². The Morgan fingerprint density at radius 3 is 2.83 bits per heavy atom. The number of rotatable bonds is 1. The fourth-order valence-corrected chi connectivity index (χ4v) is 3.38. The second-order valence-electron chi connectivity index (χ2n) is 5.15. The lowest BCUT2D eigenvalue weighted by molar-refractivity contribution is 0.0191. The maximum atomic E-state index is 12.4. The molecule has 2 aliphatic rings. The molecule has 96 valence electrons. The number of hydrogen-bond donors (Lipinski definition) is 1. The van der Waals surface area contributed by atoms with Gasteiger partial charge >= 0.3 is 0 Å². The average Bonchev–Trinajstić information content (AvgIpc) is 2.68. The molecule has 3 rings (SSSR count). The summed E-state index contributed by atoms with van der Waals surface area (Å²) < 4.78 is 0.931. The van der Waals surface area contributed by atoms with Crippen LogP contribution in [0.2, 0.25) is 0 Å². The Hall–Kier alpha value is -0.870. The predicted molar refractivity (Wildman–Crippen MR) is 72.3 cm³/mol. The van der Waals surface area contributed by atoms with Gasteiger partial charge in [0.05, 0.1) is 12.1 Å². The zero-order chi connectivity index (χ0) is 12.7. The van der Waals surface area contributed by atoms with Gasteiger partial charge in [-0.2, -0.15) is 0 Å². The highest BCUT2D eigenvalue weighted by molar-refractivity contribution is 9.10. The van der Waals surface area contributed by atoms with Gasteiger partial charge in [-0.25, -0.2) is 0 Å². The van der Waals surface area contributed by atoms with E-state index in [1.165, 1.54) is 0 Å². The third-order valence-electron chi connectivity index (χ3n) is 4.00. The van der Waals surface area contributed by atoms with E-state index in [1.54, 1.807) is 0 Å². The lowest BCUT2D eigenvalue weighted by atomic mass is 9.91. The lowest BCUT2D eigenvalue weighted by Gasteiger charge is -2.35. The molecule has 0 unspecified atom stereocenters. The van der Waals surface area contributed by atoms with Gasteiger partial charge in [0, 0.05) is 16.6 Å². The summed E-state index contributed by atoms with van der Waals surface area (Å²) in [6, 6.07) is 5.84. The highest BCUT2D eigenvalue weighted by atomic mass is 79.9. The molecule has 1 amide bonds. The molecule has 0 radical (unpaired) electrons. The van der Waals surface area contributed by atoms with Gasteiger partial charge in [0.1, 0.15) is 0 Å². The van der Waals surface area contributed by atoms with Gasteiger partial charge in [-0.1, -0.05) is 34.8 Å². The standard InChI is InChI=1S/C14H16BrNO2/c15-10-6-5-9-8-16(14(18)11(9)7-10)12-3-1-2-4-13(12)17/h5-7,12-13,17H,1-4,8H2/t12-,13-/m1/s1. The summed E-state index contributed by atoms with van der Waals surface area (Å²) >= 11 is 3.40. The number of amides is 1. The summed E-state index contributed by atoms with van der Waals surface area (Å²) in [5, 5.41) is 10.1. The maximum Gasteiger partial charge on any atom is 0.254 e. The fourth-order valence-electron chi connectivity index (χ4n) is 3.02. The summed E-state index contributed by atoms with van der Waals surface area (Å²) in [6.45, 7) is 0.642. The van der Waals surface area contributed by atoms with Gasteiger partial charge < -0.3 is 10.0 Å². The summed E-state index contributed by atoms with van der Waals surface area (Å²) in [4.78, 5) is 14.2. The van der Waals surface area contributed by atoms with Crippen LogP contribution in [0.25, 0.3) is 0 Å². The SMILES string of the molecule is O=C1c2cc(Br)ccc2CN1[C@@H]1CCCC[C@H]1O. The summed E-state index contributed by atoms with van der Waals surface area (Å²) in [5.74, 6) is 0.0669. The molecule has 3 nitrogen and oxygen atoms in total. The topological polar surface area (TPSA) is 40.5 Å². The van der Waals surface area contributed by atoms with Crippen LogP contribution >= 0.6 is 15.9 Å². The normalized spacial score (nSPS) is 27.4. The van der Waals surface area contributed by atoms with E-state index in [2.05, 4.69) is 15.9 Å². The number of nitrogens with zero attached hydrogens (tertiary/aromatic N) is 1. The summed E-state index contributed by atoms with van der Waals surface area (Å²) in [6.07, 6.45) is 3.54. The first-order valence-corrected chi connectivity index (χ1v) is 7.23. The van der Waals surface area contributed by atoms with Gasteiger partial charge in [0.2, 0.25) is 0 Å². The molecule has 1 fully saturated rings. The van der Waals surface area contributed by atoms with Crippen molar-refractivity contribution in [3.05, 3.63) is 33.8 Å². The molecule has 4 heteroatoms. The quantitative estimate of drug-likeness (QED) is 0.866. The minimum Gasteiger partial charge on any atom is -0.391 e. The number of benzene rings is 1. The van der Waals surface area contributed by atoms with Crippen LogP contribution in [0, 0.1) is 0 Å². The second kappa shape index (κ2) is 4.67. The number of carbonyl (C=O) groups is 1. The van der Waals surface area contributed by atoms with Crippen LogP contribution in [0.1, 0.15) is 41.6 Å². The van der Waals surface area contributed by atoms with E-state index in [9.17, 15) is 9.90 Å². The number of aliphatic hydroxyl groups excluding tert-OH is 1. The van der Waals surface area contributed by atoms with Crippen molar-refractivity contribution < 1.29 is 9.90 Å². The van der Waals surface area contributed by atoms with Gasteiger partial charge in [-0.05, 0) is 30.5 Å². The van der Waals surface area contributed by atoms with E-state index in [-0.39, 0.29) is 18.1 Å². The Bertz CT molecular complexity index is 489. The van der Waals surface area contributed by atoms with Crippen LogP contribution in [-0.2, 0) is 6.54 Å². The van der Waals surface area contributed by atoms with Gasteiger partial charge in [0.25, 0.3) is 5.91 Å². The van der Waals surface area contributed by atoms with Crippen molar-refractivity contribution in [1.29, 1.82) is 0 Å². The monoisotopic (exact) mass is 309 g/mol. The molecule has 0 bridgehead atoms. The Morgan fingerprint density at radius 1 is 1.28 bits per heavy atom. The molecule has 0 saturated heterocycles. The number of aliphatic hydroxyl groups is 1. The molecule has 1 heterocycles. The van der Waals surface area contributed by atoms with E-state index >= 15 is 0 Å². The zero-order valence-corrected chi connectivity index (χ0v) is 11.7. The smallest absolute Gasteiger partial charge is 0.254 e. The van der Waals surface area contributed by atoms with Crippen molar-refractivity contribution in [3.8, 4) is 0 Å². The lowest BCUT2D eigenvalue weighted by Crippen LogP contribution is -2.45. The molecule has 1 N–H and O–H groups in total. The molecular formula is C14H16BrNO2. The van der Waals surface area contributed by atoms with Crippen LogP contribution in [0.5, 0.6) is 0 Å². The van der Waals surface area contributed by atoms with E-state index in [4.69, 9.17) is 0 Å². The first kappa shape index (κ1) is 12.2. The number of fused-ring (bicyclic) bond motifs is 1. The largest absolute Gasteiger partial charge is 0.391 e. The molecule has 1 aromatic carbocycles. The molecule has 1 aliphatic carbocycles. The Kier molecular flexibility index (Phi) is 3.16. The Balaban J connectivity index is 1.87. The minimum absolute atomic E-state index is 0.00238. The van der Waals surface area contributed by atoms with E-state index < -0.39 is 0 Å².